The quantitative estimate of drug-likeness (QED) is 0.812. The predicted octanol–water partition coefficient (Wildman–Crippen LogP) is 1.60. The molecule has 2 saturated heterocycles. The second-order valence-electron chi connectivity index (χ2n) is 7.60. The van der Waals surface area contributed by atoms with Gasteiger partial charge in [-0.25, -0.2) is 0 Å². The van der Waals surface area contributed by atoms with Crippen LogP contribution in [0.4, 0.5) is 0 Å². The van der Waals surface area contributed by atoms with Crippen molar-refractivity contribution in [2.45, 2.75) is 18.7 Å². The van der Waals surface area contributed by atoms with Gasteiger partial charge in [0.15, 0.2) is 6.10 Å². The van der Waals surface area contributed by atoms with Crippen LogP contribution in [-0.4, -0.2) is 67.6 Å². The summed E-state index contributed by atoms with van der Waals surface area (Å²) in [5.74, 6) is 0.614. The molecule has 2 atom stereocenters. The SMILES string of the molecule is COc1ccccc1CN1CCN(C(=O)[C@H]2OCC(=O)N[C@@H]2c2ccccc2)CC1. The van der Waals surface area contributed by atoms with Crippen LogP contribution in [-0.2, 0) is 20.9 Å². The van der Waals surface area contributed by atoms with Crippen LogP contribution in [0.2, 0.25) is 0 Å². The van der Waals surface area contributed by atoms with Gasteiger partial charge in [0.25, 0.3) is 5.91 Å². The molecule has 1 N–H and O–H groups in total. The molecule has 2 aliphatic heterocycles. The Hall–Kier alpha value is -2.90. The zero-order valence-electron chi connectivity index (χ0n) is 17.1. The minimum atomic E-state index is -0.703. The molecule has 4 rings (SSSR count). The van der Waals surface area contributed by atoms with Gasteiger partial charge in [-0.2, -0.15) is 0 Å². The molecule has 0 spiro atoms. The topological polar surface area (TPSA) is 71.1 Å². The predicted molar refractivity (Wildman–Crippen MR) is 112 cm³/mol. The largest absolute Gasteiger partial charge is 0.496 e. The van der Waals surface area contributed by atoms with Crippen molar-refractivity contribution < 1.29 is 19.1 Å². The zero-order valence-corrected chi connectivity index (χ0v) is 17.1. The molecule has 2 fully saturated rings. The van der Waals surface area contributed by atoms with Crippen molar-refractivity contribution in [3.05, 3.63) is 65.7 Å². The lowest BCUT2D eigenvalue weighted by molar-refractivity contribution is -0.156. The van der Waals surface area contributed by atoms with E-state index >= 15 is 0 Å². The Bertz CT molecular complexity index is 881. The maximum Gasteiger partial charge on any atom is 0.254 e. The molecule has 2 aromatic rings. The lowest BCUT2D eigenvalue weighted by Crippen LogP contribution is -2.57. The summed E-state index contributed by atoms with van der Waals surface area (Å²) in [6, 6.07) is 17.1. The summed E-state index contributed by atoms with van der Waals surface area (Å²) in [6.45, 7) is 3.51. The number of carbonyl (C=O) groups excluding carboxylic acids is 2. The molecule has 158 valence electrons. The number of amides is 2. The van der Waals surface area contributed by atoms with Crippen LogP contribution >= 0.6 is 0 Å². The monoisotopic (exact) mass is 409 g/mol. The van der Waals surface area contributed by atoms with Crippen LogP contribution in [0.3, 0.4) is 0 Å². The molecule has 30 heavy (non-hydrogen) atoms. The smallest absolute Gasteiger partial charge is 0.254 e. The molecule has 0 aromatic heterocycles. The van der Waals surface area contributed by atoms with Gasteiger partial charge in [-0.1, -0.05) is 48.5 Å². The first-order valence-corrected chi connectivity index (χ1v) is 10.2. The van der Waals surface area contributed by atoms with E-state index in [2.05, 4.69) is 16.3 Å². The third kappa shape index (κ3) is 4.47. The van der Waals surface area contributed by atoms with Gasteiger partial charge < -0.3 is 19.7 Å². The number of piperazine rings is 1. The number of nitrogens with zero attached hydrogens (tertiary/aromatic N) is 2. The highest BCUT2D eigenvalue weighted by Crippen LogP contribution is 2.25. The minimum Gasteiger partial charge on any atom is -0.496 e. The fourth-order valence-corrected chi connectivity index (χ4v) is 4.07. The first kappa shape index (κ1) is 20.4. The number of benzene rings is 2. The summed E-state index contributed by atoms with van der Waals surface area (Å²) in [5.41, 5.74) is 2.01. The number of nitrogens with one attached hydrogen (secondary N) is 1. The van der Waals surface area contributed by atoms with Crippen molar-refractivity contribution in [2.75, 3.05) is 39.9 Å². The highest BCUT2D eigenvalue weighted by molar-refractivity contribution is 5.86. The minimum absolute atomic E-state index is 0.0687. The number of carbonyl (C=O) groups is 2. The Labute approximate surface area is 176 Å². The Morgan fingerprint density at radius 3 is 2.50 bits per heavy atom. The number of ether oxygens (including phenoxy) is 2. The van der Waals surface area contributed by atoms with Crippen LogP contribution in [0.1, 0.15) is 17.2 Å². The second-order valence-corrected chi connectivity index (χ2v) is 7.60. The fraction of sp³-hybridized carbons (Fsp3) is 0.391. The molecule has 2 heterocycles. The third-order valence-corrected chi connectivity index (χ3v) is 5.69. The lowest BCUT2D eigenvalue weighted by Gasteiger charge is -2.39. The summed E-state index contributed by atoms with van der Waals surface area (Å²) in [7, 11) is 1.68. The average Bonchev–Trinajstić information content (AvgIpc) is 2.80. The van der Waals surface area contributed by atoms with Crippen LogP contribution in [0, 0.1) is 0 Å². The van der Waals surface area contributed by atoms with E-state index in [1.54, 1.807) is 7.11 Å². The molecule has 0 aliphatic carbocycles. The van der Waals surface area contributed by atoms with Crippen LogP contribution in [0.5, 0.6) is 5.75 Å². The van der Waals surface area contributed by atoms with Crippen molar-refractivity contribution in [1.82, 2.24) is 15.1 Å². The van der Waals surface area contributed by atoms with E-state index in [1.165, 1.54) is 0 Å². The van der Waals surface area contributed by atoms with E-state index in [4.69, 9.17) is 9.47 Å². The molecule has 0 unspecified atom stereocenters. The number of methoxy groups -OCH3 is 1. The van der Waals surface area contributed by atoms with Gasteiger partial charge in [0.2, 0.25) is 5.91 Å². The number of hydrogen-bond donors (Lipinski definition) is 1. The van der Waals surface area contributed by atoms with Crippen LogP contribution in [0.15, 0.2) is 54.6 Å². The average molecular weight is 409 g/mol. The Balaban J connectivity index is 1.39. The summed E-state index contributed by atoms with van der Waals surface area (Å²) < 4.78 is 11.1. The fourth-order valence-electron chi connectivity index (χ4n) is 4.07. The maximum absolute atomic E-state index is 13.2. The first-order valence-electron chi connectivity index (χ1n) is 10.2. The maximum atomic E-state index is 13.2. The van der Waals surface area contributed by atoms with Gasteiger partial charge in [0.05, 0.1) is 13.2 Å². The molecular weight excluding hydrogens is 382 g/mol. The van der Waals surface area contributed by atoms with Gasteiger partial charge in [-0.3, -0.25) is 14.5 Å². The summed E-state index contributed by atoms with van der Waals surface area (Å²) >= 11 is 0. The van der Waals surface area contributed by atoms with Crippen molar-refractivity contribution in [2.24, 2.45) is 0 Å². The summed E-state index contributed by atoms with van der Waals surface area (Å²) in [5, 5.41) is 2.92. The molecular formula is C23H27N3O4. The number of hydrogen-bond acceptors (Lipinski definition) is 5. The zero-order chi connectivity index (χ0) is 20.9. The Morgan fingerprint density at radius 2 is 1.77 bits per heavy atom. The summed E-state index contributed by atoms with van der Waals surface area (Å²) in [4.78, 5) is 29.3. The normalized spacial score (nSPS) is 22.4. The van der Waals surface area contributed by atoms with Gasteiger partial charge in [0.1, 0.15) is 12.4 Å². The molecule has 7 heteroatoms. The highest BCUT2D eigenvalue weighted by Gasteiger charge is 2.39. The van der Waals surface area contributed by atoms with Crippen LogP contribution < -0.4 is 10.1 Å². The lowest BCUT2D eigenvalue weighted by atomic mass is 9.98. The van der Waals surface area contributed by atoms with Gasteiger partial charge in [-0.05, 0) is 11.6 Å². The van der Waals surface area contributed by atoms with E-state index in [9.17, 15) is 9.59 Å². The number of para-hydroxylation sites is 1. The van der Waals surface area contributed by atoms with Crippen molar-refractivity contribution in [1.29, 1.82) is 0 Å². The molecule has 0 bridgehead atoms. The Morgan fingerprint density at radius 1 is 1.07 bits per heavy atom. The van der Waals surface area contributed by atoms with Gasteiger partial charge in [-0.15, -0.1) is 0 Å². The number of rotatable bonds is 5. The molecule has 0 radical (unpaired) electrons. The van der Waals surface area contributed by atoms with Crippen LogP contribution in [0.25, 0.3) is 0 Å². The van der Waals surface area contributed by atoms with Crippen molar-refractivity contribution >= 4 is 11.8 Å². The van der Waals surface area contributed by atoms with E-state index in [0.717, 1.165) is 36.5 Å². The molecule has 7 nitrogen and oxygen atoms in total. The molecule has 2 amide bonds. The molecule has 0 saturated carbocycles. The third-order valence-electron chi connectivity index (χ3n) is 5.69. The molecule has 2 aliphatic rings. The van der Waals surface area contributed by atoms with E-state index in [-0.39, 0.29) is 18.4 Å². The first-order chi connectivity index (χ1) is 14.7. The van der Waals surface area contributed by atoms with Gasteiger partial charge >= 0.3 is 0 Å². The standard InChI is InChI=1S/C23H27N3O4/c1-29-19-10-6-5-9-18(19)15-25-11-13-26(14-12-25)23(28)22-21(24-20(27)16-30-22)17-7-3-2-4-8-17/h2-10,21-22H,11-16H2,1H3,(H,24,27)/t21-,22+/m1/s1. The number of morpholine rings is 1. The summed E-state index contributed by atoms with van der Waals surface area (Å²) in [6.07, 6.45) is -0.703. The second kappa shape index (κ2) is 9.28. The Kier molecular flexibility index (Phi) is 6.30. The van der Waals surface area contributed by atoms with E-state index in [0.29, 0.717) is 13.1 Å². The van der Waals surface area contributed by atoms with E-state index in [1.807, 2.05) is 53.4 Å². The highest BCUT2D eigenvalue weighted by atomic mass is 16.5. The van der Waals surface area contributed by atoms with E-state index < -0.39 is 12.1 Å². The van der Waals surface area contributed by atoms with Crippen molar-refractivity contribution in [3.8, 4) is 5.75 Å². The molecule has 2 aromatic carbocycles. The van der Waals surface area contributed by atoms with Gasteiger partial charge in [0, 0.05) is 38.3 Å². The van der Waals surface area contributed by atoms with Crippen molar-refractivity contribution in [3.63, 3.8) is 0 Å².